The van der Waals surface area contributed by atoms with E-state index in [1.807, 2.05) is 45.0 Å². The number of nitriles is 1. The number of hydrogen-bond donors (Lipinski definition) is 1. The van der Waals surface area contributed by atoms with Crippen molar-refractivity contribution in [1.29, 1.82) is 5.26 Å². The molecule has 8 heteroatoms. The number of ether oxygens (including phenoxy) is 2. The molecule has 2 aromatic carbocycles. The Morgan fingerprint density at radius 3 is 2.42 bits per heavy atom. The first-order chi connectivity index (χ1) is 17.3. The molecule has 180 valence electrons. The van der Waals surface area contributed by atoms with Gasteiger partial charge in [-0.2, -0.15) is 10.2 Å². The van der Waals surface area contributed by atoms with Crippen LogP contribution in [0.15, 0.2) is 71.2 Å². The number of methoxy groups -OCH3 is 1. The van der Waals surface area contributed by atoms with Crippen LogP contribution < -0.4 is 20.3 Å². The summed E-state index contributed by atoms with van der Waals surface area (Å²) in [6, 6.07) is 17.6. The fraction of sp³-hybridized carbons (Fsp3) is 0.143. The molecular formula is C28H24N4O4. The van der Waals surface area contributed by atoms with Crippen molar-refractivity contribution < 1.29 is 14.3 Å². The molecule has 1 amide bonds. The Kier molecular flexibility index (Phi) is 6.84. The molecule has 0 saturated carbocycles. The lowest BCUT2D eigenvalue weighted by molar-refractivity contribution is -0.112. The molecule has 0 atom stereocenters. The number of aromatic nitrogens is 2. The van der Waals surface area contributed by atoms with Gasteiger partial charge in [-0.05, 0) is 86.0 Å². The van der Waals surface area contributed by atoms with E-state index in [2.05, 4.69) is 10.3 Å². The number of rotatable bonds is 6. The standard InChI is InChI=1S/C28H24N4O4/c1-17-7-8-21(14-19(17)3)30-26(33)20(16-29)15-24-27(36-23-11-9-22(35-4)10-12-23)31-25-18(2)6-5-13-32(25)28(24)34/h5-15H,1-4H3,(H,30,33)/b20-15-. The molecule has 0 radical (unpaired) electrons. The summed E-state index contributed by atoms with van der Waals surface area (Å²) in [5.41, 5.74) is 3.02. The van der Waals surface area contributed by atoms with E-state index >= 15 is 0 Å². The van der Waals surface area contributed by atoms with E-state index in [0.717, 1.165) is 16.7 Å². The van der Waals surface area contributed by atoms with Crippen molar-refractivity contribution >= 4 is 23.3 Å². The van der Waals surface area contributed by atoms with Crippen molar-refractivity contribution in [2.45, 2.75) is 20.8 Å². The summed E-state index contributed by atoms with van der Waals surface area (Å²) in [4.78, 5) is 30.9. The normalized spacial score (nSPS) is 11.1. The number of benzene rings is 2. The maximum absolute atomic E-state index is 13.4. The fourth-order valence-electron chi connectivity index (χ4n) is 3.56. The SMILES string of the molecule is COc1ccc(Oc2nc3c(C)cccn3c(=O)c2/C=C(/C#N)C(=O)Nc2ccc(C)c(C)c2)cc1. The first-order valence-electron chi connectivity index (χ1n) is 11.1. The molecule has 36 heavy (non-hydrogen) atoms. The quantitative estimate of drug-likeness (QED) is 0.309. The van der Waals surface area contributed by atoms with Gasteiger partial charge in [0.15, 0.2) is 0 Å². The van der Waals surface area contributed by atoms with Crippen LogP contribution in [0, 0.1) is 32.1 Å². The molecule has 0 unspecified atom stereocenters. The molecule has 0 saturated heterocycles. The maximum atomic E-state index is 13.4. The van der Waals surface area contributed by atoms with Gasteiger partial charge in [-0.3, -0.25) is 14.0 Å². The number of fused-ring (bicyclic) bond motifs is 1. The molecule has 8 nitrogen and oxygen atoms in total. The van der Waals surface area contributed by atoms with Gasteiger partial charge in [0, 0.05) is 11.9 Å². The van der Waals surface area contributed by atoms with Crippen molar-refractivity contribution in [3.63, 3.8) is 0 Å². The van der Waals surface area contributed by atoms with Crippen LogP contribution in [0.2, 0.25) is 0 Å². The highest BCUT2D eigenvalue weighted by Crippen LogP contribution is 2.26. The third-order valence-corrected chi connectivity index (χ3v) is 5.74. The van der Waals surface area contributed by atoms with Crippen LogP contribution in [0.5, 0.6) is 17.4 Å². The lowest BCUT2D eigenvalue weighted by atomic mass is 10.1. The summed E-state index contributed by atoms with van der Waals surface area (Å²) < 4.78 is 12.5. The molecule has 4 aromatic rings. The number of nitrogens with one attached hydrogen (secondary N) is 1. The number of carbonyl (C=O) groups is 1. The van der Waals surface area contributed by atoms with Gasteiger partial charge in [-0.25, -0.2) is 0 Å². The van der Waals surface area contributed by atoms with Crippen LogP contribution in [-0.4, -0.2) is 22.4 Å². The second-order valence-corrected chi connectivity index (χ2v) is 8.22. The number of hydrogen-bond acceptors (Lipinski definition) is 6. The summed E-state index contributed by atoms with van der Waals surface area (Å²) in [5.74, 6) is 0.379. The van der Waals surface area contributed by atoms with Crippen molar-refractivity contribution in [1.82, 2.24) is 9.38 Å². The Bertz CT molecular complexity index is 1600. The highest BCUT2D eigenvalue weighted by molar-refractivity contribution is 6.09. The van der Waals surface area contributed by atoms with E-state index in [0.29, 0.717) is 22.8 Å². The average molecular weight is 481 g/mol. The predicted octanol–water partition coefficient (Wildman–Crippen LogP) is 4.97. The minimum absolute atomic E-state index is 0.0220. The molecule has 2 heterocycles. The first-order valence-corrected chi connectivity index (χ1v) is 11.1. The minimum atomic E-state index is -0.648. The van der Waals surface area contributed by atoms with Crippen LogP contribution in [0.4, 0.5) is 5.69 Å². The van der Waals surface area contributed by atoms with Gasteiger partial charge in [-0.1, -0.05) is 12.1 Å². The zero-order chi connectivity index (χ0) is 25.8. The van der Waals surface area contributed by atoms with Crippen LogP contribution in [-0.2, 0) is 4.79 Å². The highest BCUT2D eigenvalue weighted by atomic mass is 16.5. The number of nitrogens with zero attached hydrogens (tertiary/aromatic N) is 3. The van der Waals surface area contributed by atoms with E-state index in [1.165, 1.54) is 10.5 Å². The number of carbonyl (C=O) groups excluding carboxylic acids is 1. The molecule has 0 bridgehead atoms. The van der Waals surface area contributed by atoms with Gasteiger partial charge in [0.25, 0.3) is 11.5 Å². The van der Waals surface area contributed by atoms with E-state index in [-0.39, 0.29) is 17.0 Å². The number of aryl methyl sites for hydroxylation is 3. The van der Waals surface area contributed by atoms with E-state index < -0.39 is 11.5 Å². The van der Waals surface area contributed by atoms with E-state index in [1.54, 1.807) is 49.7 Å². The van der Waals surface area contributed by atoms with Crippen molar-refractivity contribution in [3.8, 4) is 23.4 Å². The summed E-state index contributed by atoms with van der Waals surface area (Å²) in [6.07, 6.45) is 2.78. The van der Waals surface area contributed by atoms with E-state index in [9.17, 15) is 14.9 Å². The maximum Gasteiger partial charge on any atom is 0.269 e. The summed E-state index contributed by atoms with van der Waals surface area (Å²) in [7, 11) is 1.56. The van der Waals surface area contributed by atoms with Crippen LogP contribution >= 0.6 is 0 Å². The summed E-state index contributed by atoms with van der Waals surface area (Å²) >= 11 is 0. The molecule has 0 spiro atoms. The third kappa shape index (κ3) is 4.95. The Labute approximate surface area is 208 Å². The Balaban J connectivity index is 1.80. The van der Waals surface area contributed by atoms with Crippen molar-refractivity contribution in [2.75, 3.05) is 12.4 Å². The lowest BCUT2D eigenvalue weighted by Gasteiger charge is -2.12. The molecule has 0 aliphatic carbocycles. The predicted molar refractivity (Wildman–Crippen MR) is 137 cm³/mol. The van der Waals surface area contributed by atoms with Gasteiger partial charge in [0.2, 0.25) is 5.88 Å². The Morgan fingerprint density at radius 1 is 1.03 bits per heavy atom. The highest BCUT2D eigenvalue weighted by Gasteiger charge is 2.18. The van der Waals surface area contributed by atoms with Crippen LogP contribution in [0.3, 0.4) is 0 Å². The molecule has 1 N–H and O–H groups in total. The molecule has 0 fully saturated rings. The van der Waals surface area contributed by atoms with Gasteiger partial charge in [0.05, 0.1) is 7.11 Å². The fourth-order valence-corrected chi connectivity index (χ4v) is 3.56. The largest absolute Gasteiger partial charge is 0.497 e. The lowest BCUT2D eigenvalue weighted by Crippen LogP contribution is -2.20. The van der Waals surface area contributed by atoms with Gasteiger partial charge in [-0.15, -0.1) is 0 Å². The summed E-state index contributed by atoms with van der Waals surface area (Å²) in [5, 5.41) is 12.5. The molecule has 4 rings (SSSR count). The second-order valence-electron chi connectivity index (χ2n) is 8.22. The molecular weight excluding hydrogens is 456 g/mol. The number of amides is 1. The van der Waals surface area contributed by atoms with E-state index in [4.69, 9.17) is 9.47 Å². The molecule has 0 aliphatic rings. The first kappa shape index (κ1) is 24.2. The Hall–Kier alpha value is -4.90. The van der Waals surface area contributed by atoms with Crippen molar-refractivity contribution in [2.24, 2.45) is 0 Å². The smallest absolute Gasteiger partial charge is 0.269 e. The third-order valence-electron chi connectivity index (χ3n) is 5.74. The number of anilines is 1. The average Bonchev–Trinajstić information content (AvgIpc) is 2.87. The van der Waals surface area contributed by atoms with Crippen LogP contribution in [0.25, 0.3) is 11.7 Å². The van der Waals surface area contributed by atoms with Crippen LogP contribution in [0.1, 0.15) is 22.3 Å². The van der Waals surface area contributed by atoms with Gasteiger partial charge in [0.1, 0.15) is 34.4 Å². The monoisotopic (exact) mass is 480 g/mol. The Morgan fingerprint density at radius 2 is 1.75 bits per heavy atom. The zero-order valence-corrected chi connectivity index (χ0v) is 20.3. The van der Waals surface area contributed by atoms with Crippen molar-refractivity contribution in [3.05, 3.63) is 99.0 Å². The minimum Gasteiger partial charge on any atom is -0.497 e. The van der Waals surface area contributed by atoms with Gasteiger partial charge >= 0.3 is 0 Å². The molecule has 0 aliphatic heterocycles. The number of pyridine rings is 1. The second kappa shape index (κ2) is 10.2. The zero-order valence-electron chi connectivity index (χ0n) is 20.3. The van der Waals surface area contributed by atoms with Gasteiger partial charge < -0.3 is 14.8 Å². The summed E-state index contributed by atoms with van der Waals surface area (Å²) in [6.45, 7) is 5.72. The molecule has 2 aromatic heterocycles. The topological polar surface area (TPSA) is 106 Å².